The number of rotatable bonds is 6. The zero-order valence-corrected chi connectivity index (χ0v) is 16.4. The SMILES string of the molecule is CCOC(=O)Oc1c(C)nc(C)c(OC(=O)OCC)c1-c1ccccc1[N+](=O)[O-]. The van der Waals surface area contributed by atoms with Gasteiger partial charge in [0.15, 0.2) is 11.5 Å². The number of ether oxygens (including phenoxy) is 4. The minimum absolute atomic E-state index is 0.0170. The van der Waals surface area contributed by atoms with E-state index in [1.54, 1.807) is 33.8 Å². The molecule has 0 fully saturated rings. The van der Waals surface area contributed by atoms with Crippen molar-refractivity contribution in [1.29, 1.82) is 0 Å². The van der Waals surface area contributed by atoms with Gasteiger partial charge in [0, 0.05) is 6.07 Å². The van der Waals surface area contributed by atoms with E-state index in [0.29, 0.717) is 0 Å². The molecule has 0 atom stereocenters. The van der Waals surface area contributed by atoms with E-state index in [9.17, 15) is 19.7 Å². The highest BCUT2D eigenvalue weighted by Gasteiger charge is 2.29. The maximum absolute atomic E-state index is 11.9. The molecule has 0 bridgehead atoms. The number of carbonyl (C=O) groups excluding carboxylic acids is 2. The lowest BCUT2D eigenvalue weighted by molar-refractivity contribution is -0.384. The standard InChI is InChI=1S/C19H20N2O8/c1-5-26-18(22)28-16-11(3)20-12(4)17(29-19(23)27-6-2)15(16)13-9-7-8-10-14(13)21(24)25/h7-10H,5-6H2,1-4H3. The molecule has 0 saturated carbocycles. The highest BCUT2D eigenvalue weighted by Crippen LogP contribution is 2.45. The monoisotopic (exact) mass is 404 g/mol. The third-order valence-corrected chi connectivity index (χ3v) is 3.71. The summed E-state index contributed by atoms with van der Waals surface area (Å²) in [6, 6.07) is 5.78. The number of nitro groups is 1. The van der Waals surface area contributed by atoms with Crippen molar-refractivity contribution in [3.05, 3.63) is 45.8 Å². The fraction of sp³-hybridized carbons (Fsp3) is 0.316. The van der Waals surface area contributed by atoms with Crippen LogP contribution in [-0.2, 0) is 9.47 Å². The molecule has 1 aromatic heterocycles. The molecule has 10 heteroatoms. The van der Waals surface area contributed by atoms with Crippen molar-refractivity contribution < 1.29 is 33.5 Å². The van der Waals surface area contributed by atoms with Crippen LogP contribution in [0, 0.1) is 24.0 Å². The van der Waals surface area contributed by atoms with Gasteiger partial charge in [0.05, 0.1) is 40.7 Å². The van der Waals surface area contributed by atoms with Crippen LogP contribution in [0.3, 0.4) is 0 Å². The van der Waals surface area contributed by atoms with Crippen LogP contribution < -0.4 is 9.47 Å². The zero-order valence-electron chi connectivity index (χ0n) is 16.4. The molecule has 0 aliphatic heterocycles. The van der Waals surface area contributed by atoms with Crippen molar-refractivity contribution in [2.75, 3.05) is 13.2 Å². The van der Waals surface area contributed by atoms with Crippen LogP contribution in [0.5, 0.6) is 11.5 Å². The van der Waals surface area contributed by atoms with Gasteiger partial charge in [0.1, 0.15) is 0 Å². The molecule has 2 rings (SSSR count). The van der Waals surface area contributed by atoms with E-state index in [-0.39, 0.29) is 52.9 Å². The number of aromatic nitrogens is 1. The first kappa shape index (κ1) is 21.6. The summed E-state index contributed by atoms with van der Waals surface area (Å²) in [5.74, 6) is -0.245. The average molecular weight is 404 g/mol. The number of hydrogen-bond acceptors (Lipinski definition) is 9. The van der Waals surface area contributed by atoms with Gasteiger partial charge in [-0.3, -0.25) is 15.1 Å². The second-order valence-corrected chi connectivity index (χ2v) is 5.66. The summed E-state index contributed by atoms with van der Waals surface area (Å²) in [5.41, 5.74) is 0.313. The summed E-state index contributed by atoms with van der Waals surface area (Å²) in [6.07, 6.45) is -2.05. The third kappa shape index (κ3) is 4.98. The number of nitrogens with zero attached hydrogens (tertiary/aromatic N) is 2. The molecular weight excluding hydrogens is 384 g/mol. The number of nitro benzene ring substituents is 1. The van der Waals surface area contributed by atoms with E-state index in [1.807, 2.05) is 0 Å². The van der Waals surface area contributed by atoms with E-state index in [0.717, 1.165) is 0 Å². The van der Waals surface area contributed by atoms with Crippen LogP contribution in [0.2, 0.25) is 0 Å². The van der Waals surface area contributed by atoms with Gasteiger partial charge in [-0.2, -0.15) is 0 Å². The lowest BCUT2D eigenvalue weighted by Gasteiger charge is -2.18. The number of carbonyl (C=O) groups is 2. The Balaban J connectivity index is 2.79. The number of pyridine rings is 1. The molecule has 0 aliphatic rings. The lowest BCUT2D eigenvalue weighted by Crippen LogP contribution is -2.16. The number of benzene rings is 1. The molecule has 29 heavy (non-hydrogen) atoms. The predicted octanol–water partition coefficient (Wildman–Crippen LogP) is 4.34. The van der Waals surface area contributed by atoms with E-state index in [2.05, 4.69) is 4.98 Å². The van der Waals surface area contributed by atoms with Gasteiger partial charge in [-0.05, 0) is 33.8 Å². The lowest BCUT2D eigenvalue weighted by atomic mass is 10.00. The van der Waals surface area contributed by atoms with Gasteiger partial charge in [-0.15, -0.1) is 0 Å². The van der Waals surface area contributed by atoms with Crippen LogP contribution in [0.4, 0.5) is 15.3 Å². The predicted molar refractivity (Wildman–Crippen MR) is 101 cm³/mol. The molecule has 0 N–H and O–H groups in total. The summed E-state index contributed by atoms with van der Waals surface area (Å²) in [4.78, 5) is 39.1. The second-order valence-electron chi connectivity index (χ2n) is 5.66. The smallest absolute Gasteiger partial charge is 0.434 e. The fourth-order valence-corrected chi connectivity index (χ4v) is 2.62. The Kier molecular flexibility index (Phi) is 7.07. The molecule has 0 radical (unpaired) electrons. The zero-order chi connectivity index (χ0) is 21.6. The summed E-state index contributed by atoms with van der Waals surface area (Å²) in [7, 11) is 0. The first-order chi connectivity index (χ1) is 13.8. The molecular formula is C19H20N2O8. The van der Waals surface area contributed by atoms with Crippen molar-refractivity contribution in [3.63, 3.8) is 0 Å². The number of aryl methyl sites for hydroxylation is 2. The van der Waals surface area contributed by atoms with Crippen molar-refractivity contribution in [2.45, 2.75) is 27.7 Å². The van der Waals surface area contributed by atoms with Crippen molar-refractivity contribution >= 4 is 18.0 Å². The fourth-order valence-electron chi connectivity index (χ4n) is 2.62. The van der Waals surface area contributed by atoms with Gasteiger partial charge >= 0.3 is 12.3 Å². The summed E-state index contributed by atoms with van der Waals surface area (Å²) in [5, 5.41) is 11.6. The highest BCUT2D eigenvalue weighted by atomic mass is 16.7. The second kappa shape index (κ2) is 9.49. The normalized spacial score (nSPS) is 10.2. The number of hydrogen-bond donors (Lipinski definition) is 0. The largest absolute Gasteiger partial charge is 0.513 e. The van der Waals surface area contributed by atoms with Crippen LogP contribution in [0.15, 0.2) is 24.3 Å². The van der Waals surface area contributed by atoms with E-state index >= 15 is 0 Å². The Bertz CT molecular complexity index is 898. The van der Waals surface area contributed by atoms with Crippen LogP contribution in [-0.4, -0.2) is 35.4 Å². The topological polar surface area (TPSA) is 127 Å². The van der Waals surface area contributed by atoms with E-state index < -0.39 is 17.2 Å². The molecule has 0 unspecified atom stereocenters. The highest BCUT2D eigenvalue weighted by molar-refractivity contribution is 5.87. The molecule has 0 aliphatic carbocycles. The summed E-state index contributed by atoms with van der Waals surface area (Å²) < 4.78 is 20.1. The first-order valence-corrected chi connectivity index (χ1v) is 8.74. The Morgan fingerprint density at radius 3 is 1.90 bits per heavy atom. The summed E-state index contributed by atoms with van der Waals surface area (Å²) in [6.45, 7) is 6.41. The van der Waals surface area contributed by atoms with Gasteiger partial charge in [0.2, 0.25) is 0 Å². The van der Waals surface area contributed by atoms with E-state index in [1.165, 1.54) is 18.2 Å². The molecule has 154 valence electrons. The molecule has 10 nitrogen and oxygen atoms in total. The maximum Gasteiger partial charge on any atom is 0.513 e. The Hall–Kier alpha value is -3.69. The summed E-state index contributed by atoms with van der Waals surface area (Å²) >= 11 is 0. The van der Waals surface area contributed by atoms with Crippen LogP contribution >= 0.6 is 0 Å². The average Bonchev–Trinajstić information content (AvgIpc) is 2.66. The molecule has 1 heterocycles. The molecule has 2 aromatic rings. The van der Waals surface area contributed by atoms with Crippen molar-refractivity contribution in [3.8, 4) is 22.6 Å². The first-order valence-electron chi connectivity index (χ1n) is 8.74. The maximum atomic E-state index is 11.9. The van der Waals surface area contributed by atoms with Crippen LogP contribution in [0.25, 0.3) is 11.1 Å². The van der Waals surface area contributed by atoms with Crippen molar-refractivity contribution in [2.24, 2.45) is 0 Å². The van der Waals surface area contributed by atoms with E-state index in [4.69, 9.17) is 18.9 Å². The quantitative estimate of drug-likeness (QED) is 0.392. The molecule has 1 aromatic carbocycles. The number of para-hydroxylation sites is 1. The Labute approximate surface area is 166 Å². The third-order valence-electron chi connectivity index (χ3n) is 3.71. The minimum Gasteiger partial charge on any atom is -0.434 e. The Morgan fingerprint density at radius 1 is 0.966 bits per heavy atom. The molecule has 0 spiro atoms. The minimum atomic E-state index is -1.02. The van der Waals surface area contributed by atoms with Gasteiger partial charge in [-0.1, -0.05) is 12.1 Å². The van der Waals surface area contributed by atoms with Gasteiger partial charge in [-0.25, -0.2) is 9.59 Å². The van der Waals surface area contributed by atoms with Gasteiger partial charge in [0.25, 0.3) is 5.69 Å². The molecule has 0 saturated heterocycles. The molecule has 0 amide bonds. The van der Waals surface area contributed by atoms with Crippen molar-refractivity contribution in [1.82, 2.24) is 4.98 Å². The van der Waals surface area contributed by atoms with Crippen LogP contribution in [0.1, 0.15) is 25.2 Å². The van der Waals surface area contributed by atoms with Gasteiger partial charge < -0.3 is 18.9 Å². The Morgan fingerprint density at radius 2 is 1.45 bits per heavy atom.